The second-order valence-corrected chi connectivity index (χ2v) is 11.5. The first-order valence-corrected chi connectivity index (χ1v) is 12.1. The Morgan fingerprint density at radius 3 is 2.64 bits per heavy atom. The van der Waals surface area contributed by atoms with Crippen LogP contribution in [0.25, 0.3) is 5.65 Å². The molecule has 3 aromatic rings. The Bertz CT molecular complexity index is 1430. The van der Waals surface area contributed by atoms with Gasteiger partial charge in [-0.05, 0) is 50.2 Å². The van der Waals surface area contributed by atoms with E-state index in [1.165, 1.54) is 12.1 Å². The summed E-state index contributed by atoms with van der Waals surface area (Å²) >= 11 is 0. The summed E-state index contributed by atoms with van der Waals surface area (Å²) in [6.45, 7) is 4.02. The SMILES string of the molecule is CC1(C)CC(Oc2cc3nc(C45COC(C)(C4)C5)cn3cc2C(=O)Nc2cccn(C(F)F)c2=O)C1. The Hall–Kier alpha value is -3.27. The van der Waals surface area contributed by atoms with E-state index in [4.69, 9.17) is 14.5 Å². The minimum Gasteiger partial charge on any atom is -0.489 e. The number of imidazole rings is 1. The van der Waals surface area contributed by atoms with Crippen molar-refractivity contribution >= 4 is 17.2 Å². The number of halogens is 2. The molecule has 7 rings (SSSR count). The summed E-state index contributed by atoms with van der Waals surface area (Å²) in [6, 6.07) is 4.32. The largest absolute Gasteiger partial charge is 0.489 e. The lowest BCUT2D eigenvalue weighted by atomic mass is 9.62. The number of carbonyl (C=O) groups is 1. The van der Waals surface area contributed by atoms with Gasteiger partial charge in [0.2, 0.25) is 0 Å². The third kappa shape index (κ3) is 3.70. The Labute approximate surface area is 206 Å². The molecule has 1 amide bonds. The molecule has 190 valence electrons. The molecule has 10 heteroatoms. The fourth-order valence-corrected chi connectivity index (χ4v) is 6.08. The predicted octanol–water partition coefficient (Wildman–Crippen LogP) is 4.53. The zero-order chi connectivity index (χ0) is 25.5. The zero-order valence-corrected chi connectivity index (χ0v) is 20.4. The molecule has 4 aliphatic rings. The van der Waals surface area contributed by atoms with Crippen molar-refractivity contribution in [3.8, 4) is 5.75 Å². The molecule has 2 aliphatic carbocycles. The number of hydrogen-bond donors (Lipinski definition) is 1. The number of pyridine rings is 2. The molecule has 2 saturated carbocycles. The molecule has 3 aromatic heterocycles. The minimum atomic E-state index is -3.01. The Morgan fingerprint density at radius 1 is 1.25 bits per heavy atom. The van der Waals surface area contributed by atoms with Gasteiger partial charge in [-0.2, -0.15) is 8.78 Å². The van der Waals surface area contributed by atoms with Gasteiger partial charge < -0.3 is 19.2 Å². The number of fused-ring (bicyclic) bond motifs is 2. The summed E-state index contributed by atoms with van der Waals surface area (Å²) in [5, 5.41) is 2.50. The number of aromatic nitrogens is 3. The Balaban J connectivity index is 1.36. The number of nitrogens with one attached hydrogen (secondary N) is 1. The highest BCUT2D eigenvalue weighted by molar-refractivity contribution is 6.06. The number of carbonyl (C=O) groups excluding carboxylic acids is 1. The van der Waals surface area contributed by atoms with Crippen LogP contribution in [0, 0.1) is 5.41 Å². The average molecular weight is 499 g/mol. The van der Waals surface area contributed by atoms with Gasteiger partial charge in [0.25, 0.3) is 11.5 Å². The topological polar surface area (TPSA) is 86.9 Å². The summed E-state index contributed by atoms with van der Waals surface area (Å²) < 4.78 is 40.5. The summed E-state index contributed by atoms with van der Waals surface area (Å²) in [5.74, 6) is -0.273. The first-order chi connectivity index (χ1) is 17.0. The molecule has 0 aromatic carbocycles. The maximum atomic E-state index is 13.3. The summed E-state index contributed by atoms with van der Waals surface area (Å²) in [7, 11) is 0. The highest BCUT2D eigenvalue weighted by Crippen LogP contribution is 2.58. The van der Waals surface area contributed by atoms with Crippen molar-refractivity contribution in [1.29, 1.82) is 0 Å². The fraction of sp³-hybridized carbons (Fsp3) is 0.500. The van der Waals surface area contributed by atoms with Crippen LogP contribution in [0.15, 0.2) is 41.6 Å². The molecule has 8 nitrogen and oxygen atoms in total. The van der Waals surface area contributed by atoms with Crippen LogP contribution in [0.5, 0.6) is 5.75 Å². The van der Waals surface area contributed by atoms with Gasteiger partial charge in [0, 0.05) is 30.1 Å². The van der Waals surface area contributed by atoms with Crippen LogP contribution >= 0.6 is 0 Å². The highest BCUT2D eigenvalue weighted by Gasteiger charge is 2.61. The van der Waals surface area contributed by atoms with Crippen LogP contribution in [0.2, 0.25) is 0 Å². The number of ether oxygens (including phenoxy) is 2. The highest BCUT2D eigenvalue weighted by atomic mass is 19.3. The smallest absolute Gasteiger partial charge is 0.321 e. The van der Waals surface area contributed by atoms with Crippen LogP contribution in [-0.2, 0) is 10.2 Å². The van der Waals surface area contributed by atoms with E-state index >= 15 is 0 Å². The van der Waals surface area contributed by atoms with Gasteiger partial charge >= 0.3 is 6.55 Å². The first-order valence-electron chi connectivity index (χ1n) is 12.1. The fourth-order valence-electron chi connectivity index (χ4n) is 6.08. The van der Waals surface area contributed by atoms with Crippen molar-refractivity contribution in [3.05, 3.63) is 58.4 Å². The molecule has 4 fully saturated rings. The molecule has 1 N–H and O–H groups in total. The van der Waals surface area contributed by atoms with Crippen molar-refractivity contribution in [3.63, 3.8) is 0 Å². The summed E-state index contributed by atoms with van der Waals surface area (Å²) in [5.41, 5.74) is 0.490. The number of hydrogen-bond acceptors (Lipinski definition) is 5. The Kier molecular flexibility index (Phi) is 4.90. The van der Waals surface area contributed by atoms with Gasteiger partial charge in [-0.25, -0.2) is 4.98 Å². The van der Waals surface area contributed by atoms with Crippen molar-refractivity contribution in [2.24, 2.45) is 5.41 Å². The van der Waals surface area contributed by atoms with E-state index in [2.05, 4.69) is 26.1 Å². The number of amides is 1. The maximum absolute atomic E-state index is 13.3. The predicted molar refractivity (Wildman–Crippen MR) is 128 cm³/mol. The number of alkyl halides is 2. The van der Waals surface area contributed by atoms with Crippen LogP contribution in [0.1, 0.15) is 69.1 Å². The van der Waals surface area contributed by atoms with Gasteiger partial charge in [-0.15, -0.1) is 0 Å². The molecule has 2 bridgehead atoms. The van der Waals surface area contributed by atoms with E-state index < -0.39 is 18.0 Å². The van der Waals surface area contributed by atoms with E-state index in [9.17, 15) is 18.4 Å². The molecule has 2 aliphatic heterocycles. The average Bonchev–Trinajstić information content (AvgIpc) is 3.43. The van der Waals surface area contributed by atoms with E-state index in [-0.39, 0.29) is 38.4 Å². The van der Waals surface area contributed by atoms with Gasteiger partial charge in [0.1, 0.15) is 17.1 Å². The molecule has 5 heterocycles. The molecule has 2 saturated heterocycles. The van der Waals surface area contributed by atoms with E-state index in [0.29, 0.717) is 18.0 Å². The molecule has 0 radical (unpaired) electrons. The minimum absolute atomic E-state index is 0.0506. The zero-order valence-electron chi connectivity index (χ0n) is 20.4. The lowest BCUT2D eigenvalue weighted by molar-refractivity contribution is 0.0101. The summed E-state index contributed by atoms with van der Waals surface area (Å²) in [4.78, 5) is 30.6. The standard InChI is InChI=1S/C26H28F2N4O4/c1-24(2)8-15(9-24)36-18-7-20-30-19(26-12-25(3,13-26)35-14-26)11-31(20)10-16(18)21(33)29-17-5-4-6-32(22(17)34)23(27)28/h4-7,10-11,15,23H,8-9,12-14H2,1-3H3,(H,29,33). The van der Waals surface area contributed by atoms with Crippen molar-refractivity contribution in [2.75, 3.05) is 11.9 Å². The van der Waals surface area contributed by atoms with Crippen molar-refractivity contribution < 1.29 is 23.0 Å². The van der Waals surface area contributed by atoms with Gasteiger partial charge in [-0.1, -0.05) is 13.8 Å². The summed E-state index contributed by atoms with van der Waals surface area (Å²) in [6.07, 6.45) is 7.95. The van der Waals surface area contributed by atoms with Crippen LogP contribution in [-0.4, -0.2) is 38.2 Å². The van der Waals surface area contributed by atoms with Crippen molar-refractivity contribution in [2.45, 2.75) is 70.1 Å². The third-order valence-electron chi connectivity index (χ3n) is 7.75. The molecule has 0 unspecified atom stereocenters. The van der Waals surface area contributed by atoms with Gasteiger partial charge in [-0.3, -0.25) is 14.2 Å². The maximum Gasteiger partial charge on any atom is 0.321 e. The second kappa shape index (κ2) is 7.61. The monoisotopic (exact) mass is 498 g/mol. The van der Waals surface area contributed by atoms with Crippen LogP contribution < -0.4 is 15.6 Å². The van der Waals surface area contributed by atoms with Crippen LogP contribution in [0.3, 0.4) is 0 Å². The lowest BCUT2D eigenvalue weighted by Crippen LogP contribution is -2.45. The van der Waals surface area contributed by atoms with Gasteiger partial charge in [0.05, 0.1) is 29.6 Å². The van der Waals surface area contributed by atoms with E-state index in [0.717, 1.165) is 37.6 Å². The number of anilines is 1. The molecular formula is C26H28F2N4O4. The second-order valence-electron chi connectivity index (χ2n) is 11.5. The molecule has 0 spiro atoms. The number of rotatable bonds is 6. The molecule has 0 atom stereocenters. The van der Waals surface area contributed by atoms with Gasteiger partial charge in [0.15, 0.2) is 0 Å². The van der Waals surface area contributed by atoms with E-state index in [1.807, 2.05) is 6.20 Å². The van der Waals surface area contributed by atoms with Crippen LogP contribution in [0.4, 0.5) is 14.5 Å². The molecular weight excluding hydrogens is 470 g/mol. The lowest BCUT2D eigenvalue weighted by Gasteiger charge is -2.42. The Morgan fingerprint density at radius 2 is 2.00 bits per heavy atom. The molecule has 36 heavy (non-hydrogen) atoms. The third-order valence-corrected chi connectivity index (χ3v) is 7.75. The number of nitrogens with zero attached hydrogens (tertiary/aromatic N) is 3. The first kappa shape index (κ1) is 23.1. The van der Waals surface area contributed by atoms with Crippen molar-refractivity contribution in [1.82, 2.24) is 14.0 Å². The normalized spacial score (nSPS) is 26.6. The van der Waals surface area contributed by atoms with E-state index in [1.54, 1.807) is 16.7 Å². The quantitative estimate of drug-likeness (QED) is 0.540.